The van der Waals surface area contributed by atoms with Gasteiger partial charge in [-0.3, -0.25) is 4.40 Å². The molecule has 2 nitrogen and oxygen atoms in total. The van der Waals surface area contributed by atoms with E-state index in [4.69, 9.17) is 4.98 Å². The van der Waals surface area contributed by atoms with Crippen LogP contribution in [0.15, 0.2) is 48.7 Å². The van der Waals surface area contributed by atoms with Crippen molar-refractivity contribution in [2.45, 2.75) is 32.1 Å². The van der Waals surface area contributed by atoms with Gasteiger partial charge in [0.15, 0.2) is 0 Å². The highest BCUT2D eigenvalue weighted by Crippen LogP contribution is 2.34. The lowest BCUT2D eigenvalue weighted by Crippen LogP contribution is -2.06. The molecule has 0 spiro atoms. The molecule has 0 unspecified atom stereocenters. The molecule has 0 N–H and O–H groups in total. The van der Waals surface area contributed by atoms with E-state index in [1.54, 1.807) is 0 Å². The molecule has 4 aromatic rings. The third kappa shape index (κ3) is 1.58. The Kier molecular flexibility index (Phi) is 2.40. The molecule has 1 atom stereocenters. The predicted molar refractivity (Wildman–Crippen MR) is 91.6 cm³/mol. The second-order valence-corrected chi connectivity index (χ2v) is 6.54. The lowest BCUT2D eigenvalue weighted by Gasteiger charge is -2.22. The Bertz CT molecular complexity index is 1030. The number of hydrogen-bond donors (Lipinski definition) is 0. The van der Waals surface area contributed by atoms with Crippen LogP contribution in [0.3, 0.4) is 0 Å². The lowest BCUT2D eigenvalue weighted by atomic mass is 9.84. The number of aromatic nitrogens is 2. The summed E-state index contributed by atoms with van der Waals surface area (Å²) in [5.74, 6) is 0.662. The van der Waals surface area contributed by atoms with Crippen molar-refractivity contribution >= 4 is 27.5 Å². The Hall–Kier alpha value is -2.35. The second-order valence-electron chi connectivity index (χ2n) is 6.54. The smallest absolute Gasteiger partial charge is 0.145 e. The molecule has 2 aromatic carbocycles. The fourth-order valence-corrected chi connectivity index (χ4v) is 3.97. The van der Waals surface area contributed by atoms with E-state index in [-0.39, 0.29) is 0 Å². The van der Waals surface area contributed by atoms with E-state index in [9.17, 15) is 0 Å². The van der Waals surface area contributed by atoms with E-state index < -0.39 is 0 Å². The van der Waals surface area contributed by atoms with Crippen LogP contribution < -0.4 is 0 Å². The molecule has 2 aromatic heterocycles. The molecular weight excluding hydrogens is 268 g/mol. The van der Waals surface area contributed by atoms with Crippen molar-refractivity contribution in [1.82, 2.24) is 9.38 Å². The topological polar surface area (TPSA) is 17.3 Å². The van der Waals surface area contributed by atoms with Crippen molar-refractivity contribution < 1.29 is 0 Å². The van der Waals surface area contributed by atoms with Gasteiger partial charge >= 0.3 is 0 Å². The summed E-state index contributed by atoms with van der Waals surface area (Å²) >= 11 is 0. The van der Waals surface area contributed by atoms with E-state index in [0.717, 1.165) is 11.2 Å². The SMILES string of the molecule is C[C@@H]1CCCc2cc3c(cc21)nc1c2ccccc2ccn31. The fourth-order valence-electron chi connectivity index (χ4n) is 3.97. The number of rotatable bonds is 0. The fraction of sp³-hybridized carbons (Fsp3) is 0.250. The van der Waals surface area contributed by atoms with Gasteiger partial charge in [0.1, 0.15) is 5.65 Å². The third-order valence-corrected chi connectivity index (χ3v) is 5.17. The van der Waals surface area contributed by atoms with Gasteiger partial charge in [0.2, 0.25) is 0 Å². The van der Waals surface area contributed by atoms with Gasteiger partial charge in [0.05, 0.1) is 11.0 Å². The minimum absolute atomic E-state index is 0.662. The van der Waals surface area contributed by atoms with Crippen LogP contribution in [0, 0.1) is 0 Å². The molecule has 0 fully saturated rings. The molecule has 0 aliphatic heterocycles. The summed E-state index contributed by atoms with van der Waals surface area (Å²) < 4.78 is 2.25. The largest absolute Gasteiger partial charge is 0.299 e. The number of nitrogens with zero attached hydrogens (tertiary/aromatic N) is 2. The predicted octanol–water partition coefficient (Wildman–Crippen LogP) is 5.08. The summed E-state index contributed by atoms with van der Waals surface area (Å²) in [6, 6.07) is 15.4. The number of aryl methyl sites for hydroxylation is 1. The van der Waals surface area contributed by atoms with Crippen molar-refractivity contribution in [3.05, 3.63) is 59.8 Å². The summed E-state index contributed by atoms with van der Waals surface area (Å²) in [6.45, 7) is 2.34. The molecule has 22 heavy (non-hydrogen) atoms. The molecule has 1 aliphatic rings. The van der Waals surface area contributed by atoms with Gasteiger partial charge in [-0.05, 0) is 59.9 Å². The maximum absolute atomic E-state index is 4.95. The van der Waals surface area contributed by atoms with Crippen molar-refractivity contribution in [3.8, 4) is 0 Å². The lowest BCUT2D eigenvalue weighted by molar-refractivity contribution is 0.591. The van der Waals surface area contributed by atoms with Gasteiger partial charge in [-0.25, -0.2) is 4.98 Å². The van der Waals surface area contributed by atoms with Crippen LogP contribution in [0.1, 0.15) is 36.8 Å². The van der Waals surface area contributed by atoms with E-state index in [1.165, 1.54) is 46.7 Å². The molecule has 2 heterocycles. The quantitative estimate of drug-likeness (QED) is 0.440. The second kappa shape index (κ2) is 4.33. The molecule has 5 rings (SSSR count). The highest BCUT2D eigenvalue weighted by atomic mass is 15.0. The summed E-state index contributed by atoms with van der Waals surface area (Å²) in [7, 11) is 0. The van der Waals surface area contributed by atoms with Crippen LogP contribution >= 0.6 is 0 Å². The normalized spacial score (nSPS) is 18.1. The van der Waals surface area contributed by atoms with Crippen LogP contribution in [0.2, 0.25) is 0 Å². The molecule has 108 valence electrons. The Morgan fingerprint density at radius 2 is 2.05 bits per heavy atom. The maximum Gasteiger partial charge on any atom is 0.145 e. The minimum atomic E-state index is 0.662. The summed E-state index contributed by atoms with van der Waals surface area (Å²) in [4.78, 5) is 4.95. The van der Waals surface area contributed by atoms with Crippen molar-refractivity contribution in [2.24, 2.45) is 0 Å². The maximum atomic E-state index is 4.95. The van der Waals surface area contributed by atoms with Gasteiger partial charge in [-0.2, -0.15) is 0 Å². The van der Waals surface area contributed by atoms with Crippen LogP contribution in [0.4, 0.5) is 0 Å². The average molecular weight is 286 g/mol. The zero-order valence-electron chi connectivity index (χ0n) is 12.7. The average Bonchev–Trinajstić information content (AvgIpc) is 2.92. The first-order valence-corrected chi connectivity index (χ1v) is 8.13. The molecule has 2 heteroatoms. The van der Waals surface area contributed by atoms with Crippen molar-refractivity contribution in [2.75, 3.05) is 0 Å². The van der Waals surface area contributed by atoms with Gasteiger partial charge in [-0.15, -0.1) is 0 Å². The molecule has 0 amide bonds. The first-order chi connectivity index (χ1) is 10.8. The van der Waals surface area contributed by atoms with Crippen LogP contribution in [0.5, 0.6) is 0 Å². The van der Waals surface area contributed by atoms with Gasteiger partial charge in [0, 0.05) is 11.6 Å². The van der Waals surface area contributed by atoms with Gasteiger partial charge in [-0.1, -0.05) is 31.2 Å². The number of hydrogen-bond acceptors (Lipinski definition) is 1. The molecule has 0 saturated heterocycles. The number of benzene rings is 2. The van der Waals surface area contributed by atoms with Crippen LogP contribution in [0.25, 0.3) is 27.5 Å². The Balaban J connectivity index is 1.92. The highest BCUT2D eigenvalue weighted by molar-refractivity contribution is 5.98. The number of fused-ring (bicyclic) bond motifs is 6. The Morgan fingerprint density at radius 1 is 1.14 bits per heavy atom. The molecule has 0 saturated carbocycles. The van der Waals surface area contributed by atoms with Crippen LogP contribution in [-0.4, -0.2) is 9.38 Å². The van der Waals surface area contributed by atoms with Gasteiger partial charge in [0.25, 0.3) is 0 Å². The monoisotopic (exact) mass is 286 g/mol. The summed E-state index contributed by atoms with van der Waals surface area (Å²) in [5, 5.41) is 2.48. The third-order valence-electron chi connectivity index (χ3n) is 5.17. The Morgan fingerprint density at radius 3 is 3.00 bits per heavy atom. The molecule has 0 bridgehead atoms. The van der Waals surface area contributed by atoms with Crippen LogP contribution in [-0.2, 0) is 6.42 Å². The number of pyridine rings is 1. The zero-order chi connectivity index (χ0) is 14.7. The van der Waals surface area contributed by atoms with Gasteiger partial charge < -0.3 is 0 Å². The van der Waals surface area contributed by atoms with Crippen molar-refractivity contribution in [3.63, 3.8) is 0 Å². The standard InChI is InChI=1S/C20H18N2/c1-13-5-4-7-15-11-19-18(12-17(13)15)21-20-16-8-3-2-6-14(16)9-10-22(19)20/h2-3,6,8-13H,4-5,7H2,1H3/t13-/m1/s1. The molecule has 1 aliphatic carbocycles. The first kappa shape index (κ1) is 12.2. The molecule has 0 radical (unpaired) electrons. The van der Waals surface area contributed by atoms with E-state index in [0.29, 0.717) is 5.92 Å². The van der Waals surface area contributed by atoms with Crippen molar-refractivity contribution in [1.29, 1.82) is 0 Å². The van der Waals surface area contributed by atoms with E-state index in [2.05, 4.69) is 60.0 Å². The summed E-state index contributed by atoms with van der Waals surface area (Å²) in [6.07, 6.45) is 5.97. The van der Waals surface area contributed by atoms with E-state index in [1.807, 2.05) is 0 Å². The van der Waals surface area contributed by atoms with E-state index >= 15 is 0 Å². The number of imidazole rings is 1. The first-order valence-electron chi connectivity index (χ1n) is 8.13. The molecular formula is C20H18N2. The highest BCUT2D eigenvalue weighted by Gasteiger charge is 2.19. The Labute approximate surface area is 129 Å². The minimum Gasteiger partial charge on any atom is -0.299 e. The zero-order valence-corrected chi connectivity index (χ0v) is 12.7. The summed E-state index contributed by atoms with van der Waals surface area (Å²) in [5.41, 5.74) is 6.47.